The third-order valence-corrected chi connectivity index (χ3v) is 2.84. The van der Waals surface area contributed by atoms with Crippen LogP contribution in [0.25, 0.3) is 0 Å². The summed E-state index contributed by atoms with van der Waals surface area (Å²) in [7, 11) is 3.74. The highest BCUT2D eigenvalue weighted by atomic mass is 16.5. The van der Waals surface area contributed by atoms with Gasteiger partial charge in [-0.1, -0.05) is 6.92 Å². The average Bonchev–Trinajstić information content (AvgIpc) is 2.68. The Morgan fingerprint density at radius 1 is 1.35 bits per heavy atom. The van der Waals surface area contributed by atoms with E-state index in [1.54, 1.807) is 7.11 Å². The van der Waals surface area contributed by atoms with Gasteiger partial charge in [-0.3, -0.25) is 4.68 Å². The minimum absolute atomic E-state index is 0.878. The van der Waals surface area contributed by atoms with Gasteiger partial charge in [-0.05, 0) is 32.2 Å². The summed E-state index contributed by atoms with van der Waals surface area (Å²) in [6, 6.07) is 0. The molecule has 0 atom stereocenters. The van der Waals surface area contributed by atoms with Gasteiger partial charge in [0.05, 0.1) is 5.69 Å². The van der Waals surface area contributed by atoms with Gasteiger partial charge in [-0.2, -0.15) is 5.10 Å². The second-order valence-corrected chi connectivity index (χ2v) is 4.36. The molecule has 0 aliphatic rings. The fraction of sp³-hybridized carbons (Fsp3) is 0.769. The van der Waals surface area contributed by atoms with E-state index in [1.807, 2.05) is 11.7 Å². The van der Waals surface area contributed by atoms with Crippen molar-refractivity contribution in [3.8, 4) is 0 Å². The van der Waals surface area contributed by atoms with Crippen molar-refractivity contribution in [3.63, 3.8) is 0 Å². The van der Waals surface area contributed by atoms with Crippen molar-refractivity contribution in [2.45, 2.75) is 39.2 Å². The van der Waals surface area contributed by atoms with Crippen molar-refractivity contribution in [2.75, 3.05) is 20.3 Å². The van der Waals surface area contributed by atoms with Crippen molar-refractivity contribution >= 4 is 0 Å². The first-order valence-electron chi connectivity index (χ1n) is 6.49. The molecule has 1 heterocycles. The molecule has 0 saturated carbocycles. The Morgan fingerprint density at radius 3 is 2.88 bits per heavy atom. The van der Waals surface area contributed by atoms with Gasteiger partial charge in [0, 0.05) is 39.1 Å². The van der Waals surface area contributed by atoms with Crippen molar-refractivity contribution in [1.82, 2.24) is 15.1 Å². The first-order chi connectivity index (χ1) is 8.27. The summed E-state index contributed by atoms with van der Waals surface area (Å²) in [5.41, 5.74) is 2.53. The van der Waals surface area contributed by atoms with Crippen LogP contribution >= 0.6 is 0 Å². The number of aromatic nitrogens is 2. The number of nitrogens with zero attached hydrogens (tertiary/aromatic N) is 2. The molecule has 0 unspecified atom stereocenters. The predicted octanol–water partition coefficient (Wildman–Crippen LogP) is 1.89. The van der Waals surface area contributed by atoms with Gasteiger partial charge in [0.2, 0.25) is 0 Å². The van der Waals surface area contributed by atoms with Crippen LogP contribution in [-0.4, -0.2) is 30.0 Å². The number of hydrogen-bond donors (Lipinski definition) is 1. The second kappa shape index (κ2) is 8.25. The number of aryl methyl sites for hydroxylation is 2. The highest BCUT2D eigenvalue weighted by Gasteiger charge is 2.04. The minimum atomic E-state index is 0.878. The molecule has 98 valence electrons. The number of rotatable bonds is 9. The maximum atomic E-state index is 5.02. The van der Waals surface area contributed by atoms with Gasteiger partial charge in [0.1, 0.15) is 0 Å². The van der Waals surface area contributed by atoms with E-state index < -0.39 is 0 Å². The zero-order chi connectivity index (χ0) is 12.5. The Labute approximate surface area is 104 Å². The number of methoxy groups -OCH3 is 1. The van der Waals surface area contributed by atoms with Crippen LogP contribution < -0.4 is 5.32 Å². The van der Waals surface area contributed by atoms with E-state index >= 15 is 0 Å². The fourth-order valence-corrected chi connectivity index (χ4v) is 1.93. The summed E-state index contributed by atoms with van der Waals surface area (Å²) in [4.78, 5) is 0. The number of nitrogens with one attached hydrogen (secondary N) is 1. The third kappa shape index (κ3) is 5.33. The SMILES string of the molecule is CCc1nn(C)cc1CNCCCCCOC. The molecule has 4 nitrogen and oxygen atoms in total. The van der Waals surface area contributed by atoms with E-state index in [4.69, 9.17) is 4.74 Å². The molecule has 0 radical (unpaired) electrons. The van der Waals surface area contributed by atoms with E-state index in [9.17, 15) is 0 Å². The molecule has 0 bridgehead atoms. The Hall–Kier alpha value is -0.870. The molecule has 0 amide bonds. The smallest absolute Gasteiger partial charge is 0.0666 e. The van der Waals surface area contributed by atoms with Crippen molar-refractivity contribution < 1.29 is 4.74 Å². The monoisotopic (exact) mass is 239 g/mol. The lowest BCUT2D eigenvalue weighted by Gasteiger charge is -2.04. The topological polar surface area (TPSA) is 39.1 Å². The second-order valence-electron chi connectivity index (χ2n) is 4.36. The molecule has 0 spiro atoms. The summed E-state index contributed by atoms with van der Waals surface area (Å²) in [5.74, 6) is 0. The number of hydrogen-bond acceptors (Lipinski definition) is 3. The summed E-state index contributed by atoms with van der Waals surface area (Å²) in [6.07, 6.45) is 6.72. The van der Waals surface area contributed by atoms with E-state index in [0.29, 0.717) is 0 Å². The Bertz CT molecular complexity index is 310. The first kappa shape index (κ1) is 14.2. The Kier molecular flexibility index (Phi) is 6.89. The molecule has 1 rings (SSSR count). The van der Waals surface area contributed by atoms with Crippen LogP contribution in [0.1, 0.15) is 37.4 Å². The summed E-state index contributed by atoms with van der Waals surface area (Å²) in [6.45, 7) is 5.03. The number of unbranched alkanes of at least 4 members (excludes halogenated alkanes) is 2. The lowest BCUT2D eigenvalue weighted by molar-refractivity contribution is 0.192. The Balaban J connectivity index is 2.13. The van der Waals surface area contributed by atoms with Gasteiger partial charge < -0.3 is 10.1 Å². The standard InChI is InChI=1S/C13H25N3O/c1-4-13-12(11-16(2)15-13)10-14-8-6-5-7-9-17-3/h11,14H,4-10H2,1-3H3. The zero-order valence-corrected chi connectivity index (χ0v) is 11.3. The fourth-order valence-electron chi connectivity index (χ4n) is 1.93. The zero-order valence-electron chi connectivity index (χ0n) is 11.3. The lowest BCUT2D eigenvalue weighted by atomic mass is 10.2. The van der Waals surface area contributed by atoms with Crippen LogP contribution in [0.4, 0.5) is 0 Å². The molecule has 17 heavy (non-hydrogen) atoms. The molecule has 0 saturated heterocycles. The van der Waals surface area contributed by atoms with Crippen LogP contribution in [0, 0.1) is 0 Å². The molecule has 1 N–H and O–H groups in total. The minimum Gasteiger partial charge on any atom is -0.385 e. The molecular formula is C13H25N3O. The van der Waals surface area contributed by atoms with E-state index in [2.05, 4.69) is 23.5 Å². The molecular weight excluding hydrogens is 214 g/mol. The average molecular weight is 239 g/mol. The molecule has 0 aliphatic heterocycles. The molecule has 1 aromatic rings. The first-order valence-corrected chi connectivity index (χ1v) is 6.49. The van der Waals surface area contributed by atoms with Crippen LogP contribution in [0.15, 0.2) is 6.20 Å². The third-order valence-electron chi connectivity index (χ3n) is 2.84. The van der Waals surface area contributed by atoms with Crippen LogP contribution in [-0.2, 0) is 24.8 Å². The predicted molar refractivity (Wildman–Crippen MR) is 70.0 cm³/mol. The Morgan fingerprint density at radius 2 is 2.18 bits per heavy atom. The molecule has 0 fully saturated rings. The van der Waals surface area contributed by atoms with Gasteiger partial charge in [0.15, 0.2) is 0 Å². The maximum absolute atomic E-state index is 5.02. The molecule has 4 heteroatoms. The molecule has 1 aromatic heterocycles. The van der Waals surface area contributed by atoms with E-state index in [0.717, 1.165) is 32.5 Å². The van der Waals surface area contributed by atoms with Crippen molar-refractivity contribution in [2.24, 2.45) is 7.05 Å². The van der Waals surface area contributed by atoms with E-state index in [-0.39, 0.29) is 0 Å². The van der Waals surface area contributed by atoms with Crippen molar-refractivity contribution in [3.05, 3.63) is 17.5 Å². The molecule has 0 aromatic carbocycles. The normalized spacial score (nSPS) is 11.0. The summed E-state index contributed by atoms with van der Waals surface area (Å²) in [5, 5.41) is 7.90. The largest absolute Gasteiger partial charge is 0.385 e. The van der Waals surface area contributed by atoms with Gasteiger partial charge in [-0.25, -0.2) is 0 Å². The summed E-state index contributed by atoms with van der Waals surface area (Å²) >= 11 is 0. The van der Waals surface area contributed by atoms with E-state index in [1.165, 1.54) is 24.1 Å². The van der Waals surface area contributed by atoms with Crippen LogP contribution in [0.2, 0.25) is 0 Å². The summed E-state index contributed by atoms with van der Waals surface area (Å²) < 4.78 is 6.92. The lowest BCUT2D eigenvalue weighted by Crippen LogP contribution is -2.15. The van der Waals surface area contributed by atoms with Gasteiger partial charge >= 0.3 is 0 Å². The van der Waals surface area contributed by atoms with Crippen LogP contribution in [0.5, 0.6) is 0 Å². The van der Waals surface area contributed by atoms with Crippen LogP contribution in [0.3, 0.4) is 0 Å². The maximum Gasteiger partial charge on any atom is 0.0666 e. The highest BCUT2D eigenvalue weighted by molar-refractivity contribution is 5.16. The molecule has 0 aliphatic carbocycles. The van der Waals surface area contributed by atoms with Gasteiger partial charge in [0.25, 0.3) is 0 Å². The van der Waals surface area contributed by atoms with Crippen molar-refractivity contribution in [1.29, 1.82) is 0 Å². The quantitative estimate of drug-likeness (QED) is 0.669. The van der Waals surface area contributed by atoms with Gasteiger partial charge in [-0.15, -0.1) is 0 Å². The number of ether oxygens (including phenoxy) is 1. The highest BCUT2D eigenvalue weighted by Crippen LogP contribution is 2.06.